The van der Waals surface area contributed by atoms with Gasteiger partial charge in [-0.2, -0.15) is 0 Å². The predicted molar refractivity (Wildman–Crippen MR) is 49.4 cm³/mol. The number of aromatic nitrogens is 2. The molecule has 0 bridgehead atoms. The summed E-state index contributed by atoms with van der Waals surface area (Å²) in [6, 6.07) is 0.324. The van der Waals surface area contributed by atoms with Crippen molar-refractivity contribution in [1.29, 1.82) is 0 Å². The van der Waals surface area contributed by atoms with Crippen molar-refractivity contribution in [3.8, 4) is 0 Å². The molecule has 0 spiro atoms. The second kappa shape index (κ2) is 3.95. The summed E-state index contributed by atoms with van der Waals surface area (Å²) in [5.74, 6) is 0. The molecule has 0 saturated carbocycles. The highest BCUT2D eigenvalue weighted by Gasteiger charge is 1.97. The minimum absolute atomic E-state index is 0.324. The van der Waals surface area contributed by atoms with Crippen LogP contribution in [0.4, 0.5) is 0 Å². The lowest BCUT2D eigenvalue weighted by Gasteiger charge is -2.01. The van der Waals surface area contributed by atoms with Gasteiger partial charge in [0.1, 0.15) is 6.33 Å². The quantitative estimate of drug-likeness (QED) is 0.622. The molecule has 0 saturated heterocycles. The van der Waals surface area contributed by atoms with E-state index in [0.717, 1.165) is 11.3 Å². The molecule has 1 aromatic heterocycles. The van der Waals surface area contributed by atoms with Crippen molar-refractivity contribution in [3.05, 3.63) is 24.3 Å². The molecule has 0 unspecified atom stereocenters. The molecule has 0 aromatic carbocycles. The summed E-state index contributed by atoms with van der Waals surface area (Å²) in [4.78, 5) is 12.2. The standard InChI is InChI=1S/C9H13N3/c1-7(2)12-8(3)9-4-10-6-11-5-9/h4-7H,1-3H3/b12-8+. The molecular formula is C9H13N3. The Bertz CT molecular complexity index is 264. The van der Waals surface area contributed by atoms with Crippen LogP contribution in [0.3, 0.4) is 0 Å². The van der Waals surface area contributed by atoms with Crippen LogP contribution < -0.4 is 0 Å². The van der Waals surface area contributed by atoms with E-state index in [1.165, 1.54) is 6.33 Å². The summed E-state index contributed by atoms with van der Waals surface area (Å²) in [6.07, 6.45) is 5.06. The van der Waals surface area contributed by atoms with Gasteiger partial charge in [-0.25, -0.2) is 9.97 Å². The second-order valence-corrected chi connectivity index (χ2v) is 2.94. The van der Waals surface area contributed by atoms with E-state index in [4.69, 9.17) is 0 Å². The van der Waals surface area contributed by atoms with Gasteiger partial charge < -0.3 is 0 Å². The van der Waals surface area contributed by atoms with Gasteiger partial charge >= 0.3 is 0 Å². The number of hydrogen-bond donors (Lipinski definition) is 0. The normalized spacial score (nSPS) is 12.2. The van der Waals surface area contributed by atoms with Crippen LogP contribution in [-0.2, 0) is 0 Å². The third-order valence-electron chi connectivity index (χ3n) is 1.43. The molecule has 3 nitrogen and oxygen atoms in total. The number of rotatable bonds is 2. The summed E-state index contributed by atoms with van der Waals surface area (Å²) in [5.41, 5.74) is 1.98. The molecule has 0 aliphatic carbocycles. The van der Waals surface area contributed by atoms with E-state index in [9.17, 15) is 0 Å². The molecule has 0 N–H and O–H groups in total. The van der Waals surface area contributed by atoms with Crippen molar-refractivity contribution in [2.24, 2.45) is 4.99 Å². The summed E-state index contributed by atoms with van der Waals surface area (Å²) in [5, 5.41) is 0. The Balaban J connectivity index is 2.85. The Morgan fingerprint density at radius 2 is 1.92 bits per heavy atom. The monoisotopic (exact) mass is 163 g/mol. The fraction of sp³-hybridized carbons (Fsp3) is 0.444. The van der Waals surface area contributed by atoms with Gasteiger partial charge in [0.05, 0.1) is 0 Å². The second-order valence-electron chi connectivity index (χ2n) is 2.94. The van der Waals surface area contributed by atoms with Crippen molar-refractivity contribution < 1.29 is 0 Å². The molecule has 0 radical (unpaired) electrons. The van der Waals surface area contributed by atoms with Crippen LogP contribution >= 0.6 is 0 Å². The van der Waals surface area contributed by atoms with Crippen LogP contribution in [0.25, 0.3) is 0 Å². The fourth-order valence-electron chi connectivity index (χ4n) is 0.948. The summed E-state index contributed by atoms with van der Waals surface area (Å²) >= 11 is 0. The molecule has 64 valence electrons. The highest BCUT2D eigenvalue weighted by Crippen LogP contribution is 1.98. The molecule has 0 atom stereocenters. The van der Waals surface area contributed by atoms with Crippen molar-refractivity contribution in [1.82, 2.24) is 9.97 Å². The van der Waals surface area contributed by atoms with Crippen molar-refractivity contribution in [3.63, 3.8) is 0 Å². The van der Waals surface area contributed by atoms with Crippen LogP contribution in [0.2, 0.25) is 0 Å². The van der Waals surface area contributed by atoms with E-state index in [0.29, 0.717) is 6.04 Å². The smallest absolute Gasteiger partial charge is 0.115 e. The molecule has 0 aliphatic rings. The third-order valence-corrected chi connectivity index (χ3v) is 1.43. The van der Waals surface area contributed by atoms with Gasteiger partial charge in [-0.1, -0.05) is 0 Å². The summed E-state index contributed by atoms with van der Waals surface area (Å²) in [6.45, 7) is 6.07. The minimum Gasteiger partial charge on any atom is -0.287 e. The Morgan fingerprint density at radius 3 is 2.42 bits per heavy atom. The molecular weight excluding hydrogens is 150 g/mol. The first-order valence-electron chi connectivity index (χ1n) is 4.00. The van der Waals surface area contributed by atoms with E-state index in [1.54, 1.807) is 12.4 Å². The van der Waals surface area contributed by atoms with E-state index in [-0.39, 0.29) is 0 Å². The first-order chi connectivity index (χ1) is 5.70. The molecule has 1 rings (SSSR count). The highest BCUT2D eigenvalue weighted by molar-refractivity contribution is 5.98. The maximum absolute atomic E-state index is 4.38. The van der Waals surface area contributed by atoms with E-state index < -0.39 is 0 Å². The van der Waals surface area contributed by atoms with Crippen LogP contribution in [0.1, 0.15) is 26.3 Å². The van der Waals surface area contributed by atoms with Crippen LogP contribution in [-0.4, -0.2) is 21.7 Å². The maximum atomic E-state index is 4.38. The fourth-order valence-corrected chi connectivity index (χ4v) is 0.948. The highest BCUT2D eigenvalue weighted by atomic mass is 14.8. The van der Waals surface area contributed by atoms with Gasteiger partial charge in [0.15, 0.2) is 0 Å². The van der Waals surface area contributed by atoms with Gasteiger partial charge in [0.25, 0.3) is 0 Å². The summed E-state index contributed by atoms with van der Waals surface area (Å²) in [7, 11) is 0. The molecule has 1 heterocycles. The average Bonchev–Trinajstić information content (AvgIpc) is 2.05. The Morgan fingerprint density at radius 1 is 1.33 bits per heavy atom. The largest absolute Gasteiger partial charge is 0.287 e. The Hall–Kier alpha value is -1.25. The zero-order valence-corrected chi connectivity index (χ0v) is 7.65. The van der Waals surface area contributed by atoms with Crippen molar-refractivity contribution >= 4 is 5.71 Å². The number of nitrogens with zero attached hydrogens (tertiary/aromatic N) is 3. The first kappa shape index (κ1) is 8.84. The molecule has 0 amide bonds. The van der Waals surface area contributed by atoms with Gasteiger partial charge in [0.2, 0.25) is 0 Å². The first-order valence-corrected chi connectivity index (χ1v) is 4.00. The zero-order valence-electron chi connectivity index (χ0n) is 7.65. The maximum Gasteiger partial charge on any atom is 0.115 e. The molecule has 0 fully saturated rings. The summed E-state index contributed by atoms with van der Waals surface area (Å²) < 4.78 is 0. The average molecular weight is 163 g/mol. The van der Waals surface area contributed by atoms with Crippen LogP contribution in [0, 0.1) is 0 Å². The van der Waals surface area contributed by atoms with Crippen LogP contribution in [0.15, 0.2) is 23.7 Å². The lowest BCUT2D eigenvalue weighted by atomic mass is 10.2. The van der Waals surface area contributed by atoms with Gasteiger partial charge in [-0.05, 0) is 20.8 Å². The number of aliphatic imine (C=N–C) groups is 1. The molecule has 1 aromatic rings. The molecule has 12 heavy (non-hydrogen) atoms. The molecule has 3 heteroatoms. The SMILES string of the molecule is C/C(=N\C(C)C)c1cncnc1. The van der Waals surface area contributed by atoms with Gasteiger partial charge in [-0.3, -0.25) is 4.99 Å². The Labute approximate surface area is 72.6 Å². The topological polar surface area (TPSA) is 38.1 Å². The van der Waals surface area contributed by atoms with E-state index >= 15 is 0 Å². The lowest BCUT2D eigenvalue weighted by molar-refractivity contribution is 0.835. The predicted octanol–water partition coefficient (Wildman–Crippen LogP) is 1.69. The number of hydrogen-bond acceptors (Lipinski definition) is 3. The van der Waals surface area contributed by atoms with E-state index in [2.05, 4.69) is 15.0 Å². The molecule has 0 aliphatic heterocycles. The van der Waals surface area contributed by atoms with Gasteiger partial charge in [-0.15, -0.1) is 0 Å². The zero-order chi connectivity index (χ0) is 8.97. The van der Waals surface area contributed by atoms with E-state index in [1.807, 2.05) is 20.8 Å². The van der Waals surface area contributed by atoms with Crippen LogP contribution in [0.5, 0.6) is 0 Å². The van der Waals surface area contributed by atoms with Crippen molar-refractivity contribution in [2.75, 3.05) is 0 Å². The van der Waals surface area contributed by atoms with Crippen molar-refractivity contribution in [2.45, 2.75) is 26.8 Å². The third kappa shape index (κ3) is 2.42. The Kier molecular flexibility index (Phi) is 2.91. The lowest BCUT2D eigenvalue weighted by Crippen LogP contribution is -2.01. The minimum atomic E-state index is 0.324. The van der Waals surface area contributed by atoms with Gasteiger partial charge in [0, 0.05) is 29.7 Å².